The fourth-order valence-corrected chi connectivity index (χ4v) is 4.73. The summed E-state index contributed by atoms with van der Waals surface area (Å²) >= 11 is 0. The van der Waals surface area contributed by atoms with Gasteiger partial charge in [-0.2, -0.15) is 0 Å². The second kappa shape index (κ2) is 5.01. The van der Waals surface area contributed by atoms with E-state index < -0.39 is 23.4 Å². The zero-order chi connectivity index (χ0) is 17.2. The molecule has 0 unspecified atom stereocenters. The number of fused-ring (bicyclic) bond motifs is 3. The maximum Gasteiger partial charge on any atom is 0.194 e. The van der Waals surface area contributed by atoms with Gasteiger partial charge in [0.2, 0.25) is 0 Å². The Morgan fingerprint density at radius 2 is 1.92 bits per heavy atom. The van der Waals surface area contributed by atoms with Gasteiger partial charge in [-0.15, -0.1) is 0 Å². The van der Waals surface area contributed by atoms with Crippen molar-refractivity contribution in [1.82, 2.24) is 0 Å². The van der Waals surface area contributed by atoms with E-state index in [0.29, 0.717) is 18.4 Å². The third kappa shape index (κ3) is 1.88. The first-order valence-corrected chi connectivity index (χ1v) is 8.39. The number of Topliss-reactive ketones (excluding diaryl/α,β-unsaturated/α-hetero) is 2. The van der Waals surface area contributed by atoms with Crippen LogP contribution in [0.3, 0.4) is 0 Å². The highest BCUT2D eigenvalue weighted by Crippen LogP contribution is 2.51. The Labute approximate surface area is 139 Å². The summed E-state index contributed by atoms with van der Waals surface area (Å²) in [6.07, 6.45) is 0.705. The molecule has 0 radical (unpaired) electrons. The summed E-state index contributed by atoms with van der Waals surface area (Å²) in [6, 6.07) is 4.46. The summed E-state index contributed by atoms with van der Waals surface area (Å²) < 4.78 is 0. The Kier molecular flexibility index (Phi) is 3.24. The van der Waals surface area contributed by atoms with Gasteiger partial charge in [-0.25, -0.2) is 0 Å². The lowest BCUT2D eigenvalue weighted by atomic mass is 9.58. The van der Waals surface area contributed by atoms with Crippen molar-refractivity contribution in [3.8, 4) is 5.75 Å². The van der Waals surface area contributed by atoms with E-state index in [9.17, 15) is 24.9 Å². The lowest BCUT2D eigenvalue weighted by Gasteiger charge is -2.50. The molecule has 1 saturated carbocycles. The van der Waals surface area contributed by atoms with Crippen LogP contribution in [0.2, 0.25) is 0 Å². The van der Waals surface area contributed by atoms with Crippen molar-refractivity contribution < 1.29 is 24.9 Å². The average Bonchev–Trinajstić information content (AvgIpc) is 2.53. The Bertz CT molecular complexity index is 793. The van der Waals surface area contributed by atoms with Crippen molar-refractivity contribution in [3.63, 3.8) is 0 Å². The van der Waals surface area contributed by atoms with Crippen molar-refractivity contribution in [1.29, 1.82) is 0 Å². The van der Waals surface area contributed by atoms with Crippen LogP contribution in [0, 0.1) is 11.8 Å². The molecule has 1 aromatic carbocycles. The molecular weight excluding hydrogens is 308 g/mol. The molecule has 0 spiro atoms. The highest BCUT2D eigenvalue weighted by Gasteiger charge is 2.55. The maximum atomic E-state index is 13.0. The van der Waals surface area contributed by atoms with Crippen molar-refractivity contribution in [3.05, 3.63) is 40.5 Å². The first kappa shape index (κ1) is 15.5. The lowest BCUT2D eigenvalue weighted by molar-refractivity contribution is -0.137. The Morgan fingerprint density at radius 1 is 1.17 bits per heavy atom. The molecule has 4 rings (SSSR count). The summed E-state index contributed by atoms with van der Waals surface area (Å²) in [6.45, 7) is 2.02. The van der Waals surface area contributed by atoms with Crippen LogP contribution in [0.5, 0.6) is 5.75 Å². The Balaban J connectivity index is 1.90. The van der Waals surface area contributed by atoms with E-state index in [1.807, 2.05) is 6.92 Å². The number of benzene rings is 1. The fraction of sp³-hybridized carbons (Fsp3) is 0.474. The molecule has 1 aromatic rings. The van der Waals surface area contributed by atoms with E-state index >= 15 is 0 Å². The number of aliphatic hydroxyl groups excluding tert-OH is 1. The van der Waals surface area contributed by atoms with Gasteiger partial charge in [0.1, 0.15) is 5.75 Å². The van der Waals surface area contributed by atoms with E-state index in [1.54, 1.807) is 0 Å². The molecule has 126 valence electrons. The van der Waals surface area contributed by atoms with Crippen molar-refractivity contribution in [2.45, 2.75) is 44.3 Å². The normalized spacial score (nSPS) is 35.4. The molecule has 1 fully saturated rings. The fourth-order valence-electron chi connectivity index (χ4n) is 4.73. The third-order valence-corrected chi connectivity index (χ3v) is 5.91. The van der Waals surface area contributed by atoms with Crippen LogP contribution in [0.4, 0.5) is 0 Å². The first-order chi connectivity index (χ1) is 11.3. The lowest BCUT2D eigenvalue weighted by Crippen LogP contribution is -2.57. The van der Waals surface area contributed by atoms with Crippen molar-refractivity contribution >= 4 is 11.6 Å². The highest BCUT2D eigenvalue weighted by molar-refractivity contribution is 6.28. The predicted molar refractivity (Wildman–Crippen MR) is 85.9 cm³/mol. The number of hydrogen-bond acceptors (Lipinski definition) is 5. The van der Waals surface area contributed by atoms with Crippen LogP contribution in [-0.2, 0) is 0 Å². The molecule has 0 amide bonds. The maximum absolute atomic E-state index is 13.0. The van der Waals surface area contributed by atoms with Gasteiger partial charge in [0, 0.05) is 29.0 Å². The van der Waals surface area contributed by atoms with Gasteiger partial charge in [0.25, 0.3) is 0 Å². The van der Waals surface area contributed by atoms with E-state index in [1.165, 1.54) is 18.2 Å². The Hall–Kier alpha value is -1.98. The smallest absolute Gasteiger partial charge is 0.194 e. The SMILES string of the molecule is C[C@@H]1CC[C@H]2C3=C(C[C@H](O)[C@@]2(O)C1)C(=O)c1c(O)cccc1C3=O. The summed E-state index contributed by atoms with van der Waals surface area (Å²) in [5.41, 5.74) is -0.552. The third-order valence-electron chi connectivity index (χ3n) is 5.91. The molecule has 4 atom stereocenters. The van der Waals surface area contributed by atoms with Crippen molar-refractivity contribution in [2.75, 3.05) is 0 Å². The molecule has 3 aliphatic rings. The standard InChI is InChI=1S/C19H20O5/c1-9-5-6-12-15-11(7-14(21)19(12,24)8-9)18(23)16-10(17(15)22)3-2-4-13(16)20/h2-4,9,12,14,20-21,24H,5-8H2,1H3/t9-,12+,14+,19-/m1/s1. The van der Waals surface area contributed by atoms with Crippen LogP contribution < -0.4 is 0 Å². The van der Waals surface area contributed by atoms with Crippen LogP contribution in [0.1, 0.15) is 53.3 Å². The minimum atomic E-state index is -1.36. The zero-order valence-corrected chi connectivity index (χ0v) is 13.5. The second-order valence-electron chi connectivity index (χ2n) is 7.40. The van der Waals surface area contributed by atoms with Crippen LogP contribution in [0.15, 0.2) is 29.3 Å². The van der Waals surface area contributed by atoms with E-state index in [0.717, 1.165) is 6.42 Å². The van der Waals surface area contributed by atoms with Gasteiger partial charge in [-0.1, -0.05) is 19.1 Å². The van der Waals surface area contributed by atoms with Crippen LogP contribution >= 0.6 is 0 Å². The number of rotatable bonds is 0. The number of phenolic OH excluding ortho intramolecular Hbond substituents is 1. The Morgan fingerprint density at radius 3 is 2.67 bits per heavy atom. The number of carbonyl (C=O) groups excluding carboxylic acids is 2. The molecule has 0 aromatic heterocycles. The molecule has 0 saturated heterocycles. The first-order valence-electron chi connectivity index (χ1n) is 8.39. The highest BCUT2D eigenvalue weighted by atomic mass is 16.3. The number of phenols is 1. The summed E-state index contributed by atoms with van der Waals surface area (Å²) in [4.78, 5) is 25.9. The monoisotopic (exact) mass is 328 g/mol. The van der Waals surface area contributed by atoms with Gasteiger partial charge in [-0.3, -0.25) is 9.59 Å². The number of aromatic hydroxyl groups is 1. The molecular formula is C19H20O5. The minimum absolute atomic E-state index is 0.0167. The molecule has 24 heavy (non-hydrogen) atoms. The summed E-state index contributed by atoms with van der Waals surface area (Å²) in [7, 11) is 0. The largest absolute Gasteiger partial charge is 0.507 e. The second-order valence-corrected chi connectivity index (χ2v) is 7.40. The zero-order valence-electron chi connectivity index (χ0n) is 13.5. The van der Waals surface area contributed by atoms with Crippen molar-refractivity contribution in [2.24, 2.45) is 11.8 Å². The van der Waals surface area contributed by atoms with Gasteiger partial charge >= 0.3 is 0 Å². The molecule has 3 aliphatic carbocycles. The van der Waals surface area contributed by atoms with Gasteiger partial charge in [0.05, 0.1) is 17.3 Å². The minimum Gasteiger partial charge on any atom is -0.507 e. The van der Waals surface area contributed by atoms with Crippen LogP contribution in [0.25, 0.3) is 0 Å². The average molecular weight is 328 g/mol. The topological polar surface area (TPSA) is 94.8 Å². The quantitative estimate of drug-likeness (QED) is 0.677. The molecule has 0 heterocycles. The number of hydrogen-bond donors (Lipinski definition) is 3. The molecule has 3 N–H and O–H groups in total. The van der Waals surface area contributed by atoms with E-state index in [4.69, 9.17) is 0 Å². The van der Waals surface area contributed by atoms with Gasteiger partial charge in [-0.05, 0) is 31.2 Å². The molecule has 5 nitrogen and oxygen atoms in total. The van der Waals surface area contributed by atoms with Gasteiger partial charge < -0.3 is 15.3 Å². The number of aliphatic hydroxyl groups is 2. The summed E-state index contributed by atoms with van der Waals surface area (Å²) in [5.74, 6) is -1.20. The molecule has 0 bridgehead atoms. The number of ketones is 2. The van der Waals surface area contributed by atoms with Crippen LogP contribution in [-0.4, -0.2) is 38.6 Å². The molecule has 5 heteroatoms. The number of carbonyl (C=O) groups is 2. The van der Waals surface area contributed by atoms with Gasteiger partial charge in [0.15, 0.2) is 11.6 Å². The predicted octanol–water partition coefficient (Wildman–Crippen LogP) is 2.00. The van der Waals surface area contributed by atoms with E-state index in [2.05, 4.69) is 0 Å². The van der Waals surface area contributed by atoms with E-state index in [-0.39, 0.29) is 40.6 Å². The molecule has 0 aliphatic heterocycles. The summed E-state index contributed by atoms with van der Waals surface area (Å²) in [5, 5.41) is 31.6.